The van der Waals surface area contributed by atoms with Crippen molar-refractivity contribution in [1.29, 1.82) is 0 Å². The average Bonchev–Trinajstić information content (AvgIpc) is 2.42. The van der Waals surface area contributed by atoms with E-state index < -0.39 is 0 Å². The van der Waals surface area contributed by atoms with Gasteiger partial charge < -0.3 is 15.4 Å². The van der Waals surface area contributed by atoms with E-state index >= 15 is 0 Å². The number of hydrogen-bond acceptors (Lipinski definition) is 2. The Hall–Kier alpha value is -1.71. The molecule has 0 amide bonds. The van der Waals surface area contributed by atoms with E-state index in [1.54, 1.807) is 0 Å². The third-order valence-corrected chi connectivity index (χ3v) is 2.58. The summed E-state index contributed by atoms with van der Waals surface area (Å²) in [6.45, 7) is 9.31. The number of nitrogens with one attached hydrogen (secondary N) is 2. The van der Waals surface area contributed by atoms with Gasteiger partial charge in [0.2, 0.25) is 0 Å². The molecule has 2 N–H and O–H groups in total. The molecule has 4 heteroatoms. The standard InChI is InChI=1S/C15H25N3O/c1-4-10-17-15(16-5-2)18-11-12-19-14-9-7-6-8-13(14)3/h6-9H,4-5,10-12H2,1-3H3,(H2,16,17,18). The lowest BCUT2D eigenvalue weighted by molar-refractivity contribution is 0.320. The lowest BCUT2D eigenvalue weighted by Crippen LogP contribution is -2.39. The Labute approximate surface area is 116 Å². The largest absolute Gasteiger partial charge is 0.491 e. The number of guanidine groups is 1. The van der Waals surface area contributed by atoms with Crippen molar-refractivity contribution >= 4 is 5.96 Å². The Morgan fingerprint density at radius 3 is 2.68 bits per heavy atom. The summed E-state index contributed by atoms with van der Waals surface area (Å²) in [6.07, 6.45) is 1.05. The molecule has 0 fully saturated rings. The summed E-state index contributed by atoms with van der Waals surface area (Å²) in [6, 6.07) is 8.05. The van der Waals surface area contributed by atoms with E-state index in [1.807, 2.05) is 18.2 Å². The fourth-order valence-electron chi connectivity index (χ4n) is 1.61. The van der Waals surface area contributed by atoms with E-state index in [-0.39, 0.29) is 0 Å². The van der Waals surface area contributed by atoms with Crippen molar-refractivity contribution in [1.82, 2.24) is 10.6 Å². The zero-order chi connectivity index (χ0) is 13.9. The third kappa shape index (κ3) is 6.13. The van der Waals surface area contributed by atoms with Gasteiger partial charge in [-0.2, -0.15) is 0 Å². The third-order valence-electron chi connectivity index (χ3n) is 2.58. The molecule has 0 spiro atoms. The first-order chi connectivity index (χ1) is 9.27. The number of rotatable bonds is 7. The molecular weight excluding hydrogens is 238 g/mol. The van der Waals surface area contributed by atoms with Gasteiger partial charge in [0.25, 0.3) is 0 Å². The highest BCUT2D eigenvalue weighted by Gasteiger charge is 1.98. The zero-order valence-electron chi connectivity index (χ0n) is 12.2. The number of hydrogen-bond donors (Lipinski definition) is 2. The highest BCUT2D eigenvalue weighted by Crippen LogP contribution is 2.15. The molecule has 1 aromatic rings. The van der Waals surface area contributed by atoms with Crippen molar-refractivity contribution in [2.24, 2.45) is 4.99 Å². The molecular formula is C15H25N3O. The van der Waals surface area contributed by atoms with Crippen LogP contribution in [0.2, 0.25) is 0 Å². The van der Waals surface area contributed by atoms with Crippen molar-refractivity contribution in [3.05, 3.63) is 29.8 Å². The maximum absolute atomic E-state index is 5.72. The van der Waals surface area contributed by atoms with Gasteiger partial charge in [-0.1, -0.05) is 25.1 Å². The van der Waals surface area contributed by atoms with E-state index in [4.69, 9.17) is 4.74 Å². The average molecular weight is 263 g/mol. The summed E-state index contributed by atoms with van der Waals surface area (Å²) in [5, 5.41) is 6.47. The second kappa shape index (κ2) is 9.25. The first kappa shape index (κ1) is 15.3. The summed E-state index contributed by atoms with van der Waals surface area (Å²) >= 11 is 0. The molecule has 19 heavy (non-hydrogen) atoms. The van der Waals surface area contributed by atoms with Crippen molar-refractivity contribution in [3.8, 4) is 5.75 Å². The Kier molecular flexibility index (Phi) is 7.47. The molecule has 0 aliphatic carbocycles. The molecule has 0 aliphatic rings. The van der Waals surface area contributed by atoms with Crippen LogP contribution in [0.15, 0.2) is 29.3 Å². The predicted octanol–water partition coefficient (Wildman–Crippen LogP) is 2.34. The van der Waals surface area contributed by atoms with Gasteiger partial charge in [0.1, 0.15) is 12.4 Å². The molecule has 0 saturated carbocycles. The Bertz CT molecular complexity index is 391. The zero-order valence-corrected chi connectivity index (χ0v) is 12.2. The van der Waals surface area contributed by atoms with Gasteiger partial charge in [0.05, 0.1) is 6.54 Å². The minimum Gasteiger partial charge on any atom is -0.491 e. The lowest BCUT2D eigenvalue weighted by atomic mass is 10.2. The lowest BCUT2D eigenvalue weighted by Gasteiger charge is -2.12. The molecule has 0 aromatic heterocycles. The molecule has 0 bridgehead atoms. The Balaban J connectivity index is 2.30. The number of aryl methyl sites for hydroxylation is 1. The van der Waals surface area contributed by atoms with Gasteiger partial charge in [-0.05, 0) is 31.9 Å². The maximum atomic E-state index is 5.72. The summed E-state index contributed by atoms with van der Waals surface area (Å²) in [4.78, 5) is 4.43. The monoisotopic (exact) mass is 263 g/mol. The van der Waals surface area contributed by atoms with Crippen LogP contribution in [0.25, 0.3) is 0 Å². The molecule has 0 atom stereocenters. The van der Waals surface area contributed by atoms with E-state index in [9.17, 15) is 0 Å². The van der Waals surface area contributed by atoms with Gasteiger partial charge in [-0.15, -0.1) is 0 Å². The van der Waals surface area contributed by atoms with Gasteiger partial charge in [0, 0.05) is 13.1 Å². The van der Waals surface area contributed by atoms with Crippen molar-refractivity contribution in [3.63, 3.8) is 0 Å². The highest BCUT2D eigenvalue weighted by molar-refractivity contribution is 5.79. The molecule has 0 saturated heterocycles. The Morgan fingerprint density at radius 1 is 1.21 bits per heavy atom. The summed E-state index contributed by atoms with van der Waals surface area (Å²) < 4.78 is 5.72. The van der Waals surface area contributed by atoms with Crippen LogP contribution < -0.4 is 15.4 Å². The fourth-order valence-corrected chi connectivity index (χ4v) is 1.61. The minimum absolute atomic E-state index is 0.626. The van der Waals surface area contributed by atoms with Crippen LogP contribution in [-0.2, 0) is 0 Å². The van der Waals surface area contributed by atoms with Crippen LogP contribution in [0, 0.1) is 6.92 Å². The van der Waals surface area contributed by atoms with Crippen LogP contribution in [0.4, 0.5) is 0 Å². The van der Waals surface area contributed by atoms with E-state index in [2.05, 4.69) is 42.5 Å². The molecule has 4 nitrogen and oxygen atoms in total. The van der Waals surface area contributed by atoms with Gasteiger partial charge in [-0.25, -0.2) is 0 Å². The highest BCUT2D eigenvalue weighted by atomic mass is 16.5. The minimum atomic E-state index is 0.626. The normalized spacial score (nSPS) is 11.2. The van der Waals surface area contributed by atoms with Crippen molar-refractivity contribution in [2.75, 3.05) is 26.2 Å². The SMILES string of the molecule is CCCN=C(NCC)NCCOc1ccccc1C. The summed E-state index contributed by atoms with van der Waals surface area (Å²) in [5.74, 6) is 1.80. The molecule has 106 valence electrons. The van der Waals surface area contributed by atoms with Crippen LogP contribution in [-0.4, -0.2) is 32.2 Å². The maximum Gasteiger partial charge on any atom is 0.191 e. The quantitative estimate of drug-likeness (QED) is 0.451. The topological polar surface area (TPSA) is 45.7 Å². The number of ether oxygens (including phenoxy) is 1. The summed E-state index contributed by atoms with van der Waals surface area (Å²) in [5.41, 5.74) is 1.16. The first-order valence-corrected chi connectivity index (χ1v) is 6.98. The smallest absolute Gasteiger partial charge is 0.191 e. The number of aliphatic imine (C=N–C) groups is 1. The molecule has 0 aliphatic heterocycles. The second-order valence-corrected chi connectivity index (χ2v) is 4.30. The number of para-hydroxylation sites is 1. The molecule has 0 heterocycles. The molecule has 0 unspecified atom stereocenters. The van der Waals surface area contributed by atoms with E-state index in [0.29, 0.717) is 6.61 Å². The van der Waals surface area contributed by atoms with Crippen LogP contribution >= 0.6 is 0 Å². The molecule has 1 aromatic carbocycles. The first-order valence-electron chi connectivity index (χ1n) is 6.98. The van der Waals surface area contributed by atoms with Gasteiger partial charge >= 0.3 is 0 Å². The number of benzene rings is 1. The fraction of sp³-hybridized carbons (Fsp3) is 0.533. The predicted molar refractivity (Wildman–Crippen MR) is 80.9 cm³/mol. The van der Waals surface area contributed by atoms with Gasteiger partial charge in [-0.3, -0.25) is 4.99 Å². The van der Waals surface area contributed by atoms with E-state index in [0.717, 1.165) is 43.3 Å². The van der Waals surface area contributed by atoms with Crippen molar-refractivity contribution < 1.29 is 4.74 Å². The second-order valence-electron chi connectivity index (χ2n) is 4.30. The van der Waals surface area contributed by atoms with Crippen LogP contribution in [0.3, 0.4) is 0 Å². The van der Waals surface area contributed by atoms with E-state index in [1.165, 1.54) is 0 Å². The number of nitrogens with zero attached hydrogens (tertiary/aromatic N) is 1. The Morgan fingerprint density at radius 2 is 2.00 bits per heavy atom. The van der Waals surface area contributed by atoms with Crippen molar-refractivity contribution in [2.45, 2.75) is 27.2 Å². The molecule has 0 radical (unpaired) electrons. The van der Waals surface area contributed by atoms with Crippen LogP contribution in [0.5, 0.6) is 5.75 Å². The van der Waals surface area contributed by atoms with Gasteiger partial charge in [0.15, 0.2) is 5.96 Å². The van der Waals surface area contributed by atoms with Crippen LogP contribution in [0.1, 0.15) is 25.8 Å². The molecule has 1 rings (SSSR count). The summed E-state index contributed by atoms with van der Waals surface area (Å²) in [7, 11) is 0.